The summed E-state index contributed by atoms with van der Waals surface area (Å²) >= 11 is 0. The summed E-state index contributed by atoms with van der Waals surface area (Å²) in [6.45, 7) is 4.34. The van der Waals surface area contributed by atoms with Crippen LogP contribution in [0.2, 0.25) is 0 Å². The van der Waals surface area contributed by atoms with Crippen molar-refractivity contribution in [1.29, 1.82) is 0 Å². The average Bonchev–Trinajstić information content (AvgIpc) is 3.31. The molecule has 226 valence electrons. The van der Waals surface area contributed by atoms with Crippen molar-refractivity contribution in [1.82, 2.24) is 5.32 Å². The van der Waals surface area contributed by atoms with Crippen molar-refractivity contribution in [2.24, 2.45) is 0 Å². The van der Waals surface area contributed by atoms with E-state index in [4.69, 9.17) is 18.6 Å². The molecule has 2 aliphatic rings. The monoisotopic (exact) mass is 625 g/mol. The SMILES string of the molecule is CC(=O)NC[C@H]1CN(c2ccc(N3CCOCC3)c(F)c2)C(=O)O1.O=S(=O)(O)c1cccc2c(S(=O)(=O)O)cccc12. The average molecular weight is 626 g/mol. The van der Waals surface area contributed by atoms with E-state index in [0.29, 0.717) is 37.7 Å². The lowest BCUT2D eigenvalue weighted by atomic mass is 10.1. The zero-order valence-electron chi connectivity index (χ0n) is 22.3. The Balaban J connectivity index is 0.000000201. The first kappa shape index (κ1) is 31.1. The molecule has 2 saturated heterocycles. The van der Waals surface area contributed by atoms with Crippen LogP contribution in [0.3, 0.4) is 0 Å². The minimum atomic E-state index is -4.47. The quantitative estimate of drug-likeness (QED) is 0.343. The number of amides is 2. The highest BCUT2D eigenvalue weighted by Crippen LogP contribution is 2.29. The van der Waals surface area contributed by atoms with Gasteiger partial charge in [-0.2, -0.15) is 16.8 Å². The van der Waals surface area contributed by atoms with Gasteiger partial charge in [-0.15, -0.1) is 0 Å². The molecule has 13 nitrogen and oxygen atoms in total. The van der Waals surface area contributed by atoms with Gasteiger partial charge in [-0.05, 0) is 30.3 Å². The van der Waals surface area contributed by atoms with E-state index in [1.54, 1.807) is 12.1 Å². The summed E-state index contributed by atoms with van der Waals surface area (Å²) in [6, 6.07) is 12.2. The van der Waals surface area contributed by atoms with E-state index in [9.17, 15) is 30.8 Å². The van der Waals surface area contributed by atoms with Crippen LogP contribution < -0.4 is 15.1 Å². The Kier molecular flexibility index (Phi) is 9.32. The number of nitrogens with zero attached hydrogens (tertiary/aromatic N) is 2. The van der Waals surface area contributed by atoms with Crippen LogP contribution in [0.15, 0.2) is 64.4 Å². The van der Waals surface area contributed by atoms with Crippen LogP contribution in [0, 0.1) is 5.82 Å². The molecule has 2 aliphatic heterocycles. The summed E-state index contributed by atoms with van der Waals surface area (Å²) in [5.74, 6) is -0.571. The third kappa shape index (κ3) is 7.32. The number of rotatable bonds is 6. The Bertz CT molecular complexity index is 1640. The lowest BCUT2D eigenvalue weighted by Crippen LogP contribution is -2.36. The molecule has 42 heavy (non-hydrogen) atoms. The number of carbonyl (C=O) groups is 2. The molecule has 5 rings (SSSR count). The van der Waals surface area contributed by atoms with Gasteiger partial charge >= 0.3 is 6.09 Å². The van der Waals surface area contributed by atoms with Gasteiger partial charge in [-0.3, -0.25) is 18.8 Å². The van der Waals surface area contributed by atoms with Gasteiger partial charge in [0, 0.05) is 30.8 Å². The summed E-state index contributed by atoms with van der Waals surface area (Å²) in [5, 5.41) is 2.65. The molecular weight excluding hydrogens is 597 g/mol. The second-order valence-electron chi connectivity index (χ2n) is 9.35. The molecule has 16 heteroatoms. The topological polar surface area (TPSA) is 180 Å². The molecule has 0 aliphatic carbocycles. The van der Waals surface area contributed by atoms with Crippen LogP contribution in [-0.2, 0) is 34.5 Å². The summed E-state index contributed by atoms with van der Waals surface area (Å²) in [5.41, 5.74) is 0.948. The van der Waals surface area contributed by atoms with Gasteiger partial charge in [0.15, 0.2) is 0 Å². The highest BCUT2D eigenvalue weighted by Gasteiger charge is 2.33. The lowest BCUT2D eigenvalue weighted by molar-refractivity contribution is -0.119. The van der Waals surface area contributed by atoms with E-state index in [-0.39, 0.29) is 35.6 Å². The number of morpholine rings is 1. The number of anilines is 2. The molecule has 1 atom stereocenters. The molecule has 2 amide bonds. The van der Waals surface area contributed by atoms with E-state index in [1.165, 1.54) is 42.2 Å². The number of ether oxygens (including phenoxy) is 2. The predicted molar refractivity (Wildman–Crippen MR) is 149 cm³/mol. The number of benzene rings is 3. The smallest absolute Gasteiger partial charge is 0.414 e. The standard InChI is InChI=1S/C16H20FN3O4.C10H8O6S2/c1-11(21)18-9-13-10-20(16(22)24-13)12-2-3-15(14(17)8-12)19-4-6-23-7-5-19;11-17(12,13)9-5-1-3-7-8(9)4-2-6-10(7)18(14,15)16/h2-3,8,13H,4-7,9-10H2,1H3,(H,18,21);1-6H,(H,11,12,13)(H,14,15,16)/t13-;/m0./s1. The van der Waals surface area contributed by atoms with E-state index < -0.39 is 42.2 Å². The molecule has 0 aromatic heterocycles. The van der Waals surface area contributed by atoms with Gasteiger partial charge in [0.2, 0.25) is 5.91 Å². The maximum Gasteiger partial charge on any atom is 0.414 e. The first-order valence-corrected chi connectivity index (χ1v) is 15.5. The van der Waals surface area contributed by atoms with Gasteiger partial charge < -0.3 is 19.7 Å². The second-order valence-corrected chi connectivity index (χ2v) is 12.1. The molecule has 0 radical (unpaired) electrons. The highest BCUT2D eigenvalue weighted by atomic mass is 32.2. The summed E-state index contributed by atoms with van der Waals surface area (Å²) in [4.78, 5) is 25.4. The first-order valence-electron chi connectivity index (χ1n) is 12.6. The number of halogens is 1. The second kappa shape index (κ2) is 12.6. The Morgan fingerprint density at radius 3 is 2.05 bits per heavy atom. The molecule has 0 saturated carbocycles. The normalized spacial score (nSPS) is 17.4. The van der Waals surface area contributed by atoms with Crippen molar-refractivity contribution >= 4 is 54.4 Å². The van der Waals surface area contributed by atoms with Crippen LogP contribution in [0.5, 0.6) is 0 Å². The number of nitrogens with one attached hydrogen (secondary N) is 1. The summed E-state index contributed by atoms with van der Waals surface area (Å²) < 4.78 is 87.6. The molecule has 2 fully saturated rings. The van der Waals surface area contributed by atoms with Gasteiger partial charge in [0.05, 0.1) is 37.7 Å². The van der Waals surface area contributed by atoms with E-state index in [2.05, 4.69) is 5.32 Å². The third-order valence-electron chi connectivity index (χ3n) is 6.45. The molecule has 3 N–H and O–H groups in total. The highest BCUT2D eigenvalue weighted by molar-refractivity contribution is 7.86. The zero-order chi connectivity index (χ0) is 30.7. The van der Waals surface area contributed by atoms with Gasteiger partial charge in [0.1, 0.15) is 21.7 Å². The Labute approximate surface area is 241 Å². The number of cyclic esters (lactones) is 1. The van der Waals surface area contributed by atoms with Crippen molar-refractivity contribution < 1.29 is 49.4 Å². The van der Waals surface area contributed by atoms with Crippen LogP contribution >= 0.6 is 0 Å². The van der Waals surface area contributed by atoms with Crippen LogP contribution in [0.4, 0.5) is 20.6 Å². The zero-order valence-corrected chi connectivity index (χ0v) is 23.9. The largest absolute Gasteiger partial charge is 0.442 e. The van der Waals surface area contributed by atoms with Crippen LogP contribution in [0.1, 0.15) is 6.92 Å². The van der Waals surface area contributed by atoms with Crippen LogP contribution in [0.25, 0.3) is 10.8 Å². The van der Waals surface area contributed by atoms with Gasteiger partial charge in [-0.25, -0.2) is 9.18 Å². The van der Waals surface area contributed by atoms with Crippen molar-refractivity contribution in [2.75, 3.05) is 49.2 Å². The molecule has 0 spiro atoms. The number of fused-ring (bicyclic) bond motifs is 1. The third-order valence-corrected chi connectivity index (χ3v) is 8.27. The molecule has 3 aromatic carbocycles. The fourth-order valence-corrected chi connectivity index (χ4v) is 5.94. The summed E-state index contributed by atoms with van der Waals surface area (Å²) in [6.07, 6.45) is -0.979. The molecule has 0 unspecified atom stereocenters. The molecule has 0 bridgehead atoms. The minimum absolute atomic E-state index is 0.0233. The molecule has 3 aromatic rings. The Morgan fingerprint density at radius 1 is 0.976 bits per heavy atom. The van der Waals surface area contributed by atoms with Gasteiger partial charge in [-0.1, -0.05) is 24.3 Å². The molecule has 2 heterocycles. The van der Waals surface area contributed by atoms with Crippen LogP contribution in [-0.4, -0.2) is 83.4 Å². The number of carbonyl (C=O) groups excluding carboxylic acids is 2. The predicted octanol–water partition coefficient (Wildman–Crippen LogP) is 2.46. The minimum Gasteiger partial charge on any atom is -0.442 e. The summed E-state index contributed by atoms with van der Waals surface area (Å²) in [7, 11) is -8.94. The lowest BCUT2D eigenvalue weighted by Gasteiger charge is -2.29. The Morgan fingerprint density at radius 2 is 1.55 bits per heavy atom. The fourth-order valence-electron chi connectivity index (χ4n) is 4.52. The van der Waals surface area contributed by atoms with E-state index in [0.717, 1.165) is 12.1 Å². The Hall–Kier alpha value is -3.83. The molecular formula is C26H28FN3O10S2. The van der Waals surface area contributed by atoms with Crippen molar-refractivity contribution in [2.45, 2.75) is 22.8 Å². The first-order chi connectivity index (χ1) is 19.8. The maximum atomic E-state index is 14.4. The number of hydrogen-bond acceptors (Lipinski definition) is 9. The van der Waals surface area contributed by atoms with Crippen molar-refractivity contribution in [3.8, 4) is 0 Å². The van der Waals surface area contributed by atoms with E-state index >= 15 is 0 Å². The number of hydrogen-bond donors (Lipinski definition) is 3. The fraction of sp³-hybridized carbons (Fsp3) is 0.308. The van der Waals surface area contributed by atoms with E-state index in [1.807, 2.05) is 4.90 Å². The van der Waals surface area contributed by atoms with Crippen molar-refractivity contribution in [3.05, 3.63) is 60.4 Å². The van der Waals surface area contributed by atoms with Gasteiger partial charge in [0.25, 0.3) is 20.2 Å². The van der Waals surface area contributed by atoms with Crippen molar-refractivity contribution in [3.63, 3.8) is 0 Å². The maximum absolute atomic E-state index is 14.4.